The summed E-state index contributed by atoms with van der Waals surface area (Å²) in [5.74, 6) is -0.672. The van der Waals surface area contributed by atoms with Crippen LogP contribution in [0.3, 0.4) is 0 Å². The Morgan fingerprint density at radius 2 is 2.07 bits per heavy atom. The van der Waals surface area contributed by atoms with Crippen LogP contribution in [0.1, 0.15) is 37.3 Å². The molecule has 0 spiro atoms. The number of amides is 3. The van der Waals surface area contributed by atoms with E-state index in [1.54, 1.807) is 25.0 Å². The number of rotatable bonds is 6. The van der Waals surface area contributed by atoms with Crippen molar-refractivity contribution >= 4 is 11.9 Å². The first-order valence-electron chi connectivity index (χ1n) is 9.40. The number of carbonyl (C=O) groups excluding carboxylic acids is 2. The molecule has 1 aliphatic heterocycles. The lowest BCUT2D eigenvalue weighted by atomic mass is 9.83. The van der Waals surface area contributed by atoms with Crippen molar-refractivity contribution in [2.45, 2.75) is 39.2 Å². The van der Waals surface area contributed by atoms with Crippen LogP contribution < -0.4 is 10.6 Å². The van der Waals surface area contributed by atoms with Crippen LogP contribution in [0.2, 0.25) is 0 Å². The summed E-state index contributed by atoms with van der Waals surface area (Å²) in [7, 11) is 1.58. The van der Waals surface area contributed by atoms with Gasteiger partial charge in [0.2, 0.25) is 5.91 Å². The van der Waals surface area contributed by atoms with Crippen LogP contribution in [0.25, 0.3) is 0 Å². The highest BCUT2D eigenvalue weighted by molar-refractivity contribution is 5.81. The van der Waals surface area contributed by atoms with Crippen molar-refractivity contribution in [2.24, 2.45) is 5.92 Å². The highest BCUT2D eigenvalue weighted by Gasteiger charge is 2.34. The Bertz CT molecular complexity index is 666. The van der Waals surface area contributed by atoms with Crippen LogP contribution in [0.4, 0.5) is 9.18 Å². The minimum Gasteiger partial charge on any atom is -0.383 e. The first kappa shape index (κ1) is 21.2. The van der Waals surface area contributed by atoms with Crippen LogP contribution in [0.5, 0.6) is 0 Å². The SMILES string of the molecule is COCCNC(=O)C1CC(c2ccc(F)c(C)c2)CN(C(=O)NC(C)C)C1. The topological polar surface area (TPSA) is 70.7 Å². The number of likely N-dealkylation sites (tertiary alicyclic amines) is 1. The minimum absolute atomic E-state index is 0.0138. The summed E-state index contributed by atoms with van der Waals surface area (Å²) in [6, 6.07) is 4.84. The Hall–Kier alpha value is -2.15. The molecule has 0 aliphatic carbocycles. The standard InChI is InChI=1S/C20H30FN3O3/c1-13(2)23-20(26)24-11-16(15-5-6-18(21)14(3)9-15)10-17(12-24)19(25)22-7-8-27-4/h5-6,9,13,16-17H,7-8,10-12H2,1-4H3,(H,22,25)(H,23,26). The van der Waals surface area contributed by atoms with Crippen molar-refractivity contribution in [1.82, 2.24) is 15.5 Å². The molecule has 0 saturated carbocycles. The van der Waals surface area contributed by atoms with Gasteiger partial charge >= 0.3 is 6.03 Å². The van der Waals surface area contributed by atoms with Crippen molar-refractivity contribution in [3.8, 4) is 0 Å². The van der Waals surface area contributed by atoms with Gasteiger partial charge in [-0.05, 0) is 44.4 Å². The normalized spacial score (nSPS) is 19.9. The number of methoxy groups -OCH3 is 1. The van der Waals surface area contributed by atoms with Gasteiger partial charge in [0.1, 0.15) is 5.82 Å². The van der Waals surface area contributed by atoms with E-state index in [0.717, 1.165) is 5.56 Å². The van der Waals surface area contributed by atoms with Crippen LogP contribution in [0.15, 0.2) is 18.2 Å². The Kier molecular flexibility index (Phi) is 7.59. The number of urea groups is 1. The third-order valence-electron chi connectivity index (χ3n) is 4.78. The average Bonchev–Trinajstić information content (AvgIpc) is 2.63. The molecular weight excluding hydrogens is 349 g/mol. The van der Waals surface area contributed by atoms with Gasteiger partial charge in [-0.2, -0.15) is 0 Å². The van der Waals surface area contributed by atoms with E-state index in [1.807, 2.05) is 19.9 Å². The van der Waals surface area contributed by atoms with Crippen LogP contribution >= 0.6 is 0 Å². The molecule has 3 amide bonds. The highest BCUT2D eigenvalue weighted by atomic mass is 19.1. The maximum Gasteiger partial charge on any atom is 0.317 e. The van der Waals surface area contributed by atoms with Gasteiger partial charge < -0.3 is 20.3 Å². The predicted octanol–water partition coefficient (Wildman–Crippen LogP) is 2.42. The molecule has 2 rings (SSSR count). The maximum atomic E-state index is 13.6. The number of benzene rings is 1. The molecule has 7 heteroatoms. The molecule has 1 fully saturated rings. The number of halogens is 1. The van der Waals surface area contributed by atoms with Gasteiger partial charge in [0.25, 0.3) is 0 Å². The summed E-state index contributed by atoms with van der Waals surface area (Å²) in [6.07, 6.45) is 0.620. The lowest BCUT2D eigenvalue weighted by molar-refractivity contribution is -0.126. The lowest BCUT2D eigenvalue weighted by Gasteiger charge is -2.38. The number of hydrogen-bond acceptors (Lipinski definition) is 3. The lowest BCUT2D eigenvalue weighted by Crippen LogP contribution is -2.52. The molecule has 0 aromatic heterocycles. The fourth-order valence-electron chi connectivity index (χ4n) is 3.38. The number of nitrogens with zero attached hydrogens (tertiary/aromatic N) is 1. The second-order valence-electron chi connectivity index (χ2n) is 7.43. The predicted molar refractivity (Wildman–Crippen MR) is 102 cm³/mol. The van der Waals surface area contributed by atoms with E-state index in [1.165, 1.54) is 6.07 Å². The molecule has 27 heavy (non-hydrogen) atoms. The summed E-state index contributed by atoms with van der Waals surface area (Å²) >= 11 is 0. The van der Waals surface area contributed by atoms with Crippen molar-refractivity contribution in [2.75, 3.05) is 33.4 Å². The highest BCUT2D eigenvalue weighted by Crippen LogP contribution is 2.31. The molecule has 1 aromatic rings. The molecule has 1 aromatic carbocycles. The van der Waals surface area contributed by atoms with Gasteiger partial charge in [0.15, 0.2) is 0 Å². The number of piperidine rings is 1. The van der Waals surface area contributed by atoms with E-state index < -0.39 is 0 Å². The maximum absolute atomic E-state index is 13.6. The van der Waals surface area contributed by atoms with E-state index in [0.29, 0.717) is 38.2 Å². The molecular formula is C20H30FN3O3. The van der Waals surface area contributed by atoms with Crippen LogP contribution in [-0.2, 0) is 9.53 Å². The third-order valence-corrected chi connectivity index (χ3v) is 4.78. The molecule has 6 nitrogen and oxygen atoms in total. The monoisotopic (exact) mass is 379 g/mol. The van der Waals surface area contributed by atoms with E-state index in [2.05, 4.69) is 10.6 Å². The number of ether oxygens (including phenoxy) is 1. The first-order chi connectivity index (χ1) is 12.8. The van der Waals surface area contributed by atoms with E-state index >= 15 is 0 Å². The second kappa shape index (κ2) is 9.69. The Labute approximate surface area is 160 Å². The van der Waals surface area contributed by atoms with Crippen LogP contribution in [-0.4, -0.2) is 56.2 Å². The minimum atomic E-state index is -0.316. The quantitative estimate of drug-likeness (QED) is 0.746. The summed E-state index contributed by atoms with van der Waals surface area (Å²) in [5.41, 5.74) is 1.52. The van der Waals surface area contributed by atoms with Gasteiger partial charge in [-0.25, -0.2) is 9.18 Å². The molecule has 1 heterocycles. The molecule has 2 atom stereocenters. The molecule has 1 saturated heterocycles. The number of carbonyl (C=O) groups is 2. The summed E-state index contributed by atoms with van der Waals surface area (Å²) in [6.45, 7) is 7.27. The van der Waals surface area contributed by atoms with Gasteiger partial charge in [-0.15, -0.1) is 0 Å². The summed E-state index contributed by atoms with van der Waals surface area (Å²) < 4.78 is 18.6. The zero-order chi connectivity index (χ0) is 20.0. The van der Waals surface area contributed by atoms with E-state index in [-0.39, 0.29) is 35.6 Å². The Balaban J connectivity index is 2.18. The smallest absolute Gasteiger partial charge is 0.317 e. The Morgan fingerprint density at radius 3 is 2.70 bits per heavy atom. The fraction of sp³-hybridized carbons (Fsp3) is 0.600. The molecule has 1 aliphatic rings. The van der Waals surface area contributed by atoms with Gasteiger partial charge in [-0.1, -0.05) is 12.1 Å². The van der Waals surface area contributed by atoms with E-state index in [4.69, 9.17) is 4.74 Å². The number of aryl methyl sites for hydroxylation is 1. The number of hydrogen-bond donors (Lipinski definition) is 2. The zero-order valence-electron chi connectivity index (χ0n) is 16.5. The zero-order valence-corrected chi connectivity index (χ0v) is 16.5. The Morgan fingerprint density at radius 1 is 1.33 bits per heavy atom. The summed E-state index contributed by atoms with van der Waals surface area (Å²) in [5, 5.41) is 5.76. The molecule has 2 unspecified atom stereocenters. The van der Waals surface area contributed by atoms with Crippen molar-refractivity contribution < 1.29 is 18.7 Å². The van der Waals surface area contributed by atoms with Gasteiger partial charge in [0, 0.05) is 38.7 Å². The molecule has 150 valence electrons. The number of nitrogens with one attached hydrogen (secondary N) is 2. The van der Waals surface area contributed by atoms with Crippen molar-refractivity contribution in [1.29, 1.82) is 0 Å². The van der Waals surface area contributed by atoms with Gasteiger partial charge in [-0.3, -0.25) is 4.79 Å². The second-order valence-corrected chi connectivity index (χ2v) is 7.43. The molecule has 0 bridgehead atoms. The third kappa shape index (κ3) is 5.92. The van der Waals surface area contributed by atoms with Crippen LogP contribution in [0, 0.1) is 18.7 Å². The summed E-state index contributed by atoms with van der Waals surface area (Å²) in [4.78, 5) is 26.8. The van der Waals surface area contributed by atoms with Gasteiger partial charge in [0.05, 0.1) is 12.5 Å². The largest absolute Gasteiger partial charge is 0.383 e. The molecule has 2 N–H and O–H groups in total. The van der Waals surface area contributed by atoms with E-state index in [9.17, 15) is 14.0 Å². The van der Waals surface area contributed by atoms with Crippen molar-refractivity contribution in [3.05, 3.63) is 35.1 Å². The van der Waals surface area contributed by atoms with Crippen molar-refractivity contribution in [3.63, 3.8) is 0 Å². The first-order valence-corrected chi connectivity index (χ1v) is 9.40. The average molecular weight is 379 g/mol. The molecule has 0 radical (unpaired) electrons. The fourth-order valence-corrected chi connectivity index (χ4v) is 3.38.